The number of fused-ring (bicyclic) bond motifs is 2. The maximum atomic E-state index is 14.5. The van der Waals surface area contributed by atoms with Gasteiger partial charge in [0, 0.05) is 50.7 Å². The Morgan fingerprint density at radius 3 is 2.46 bits per heavy atom. The number of hydrogen-bond donors (Lipinski definition) is 1. The second-order valence-electron chi connectivity index (χ2n) is 13.2. The van der Waals surface area contributed by atoms with Gasteiger partial charge in [-0.25, -0.2) is 28.1 Å². The summed E-state index contributed by atoms with van der Waals surface area (Å²) in [5, 5.41) is 3.59. The number of aromatic nitrogens is 5. The molecule has 6 aromatic rings. The first-order chi connectivity index (χ1) is 24.4. The molecule has 0 amide bonds. The van der Waals surface area contributed by atoms with Gasteiger partial charge in [-0.15, -0.1) is 0 Å². The molecule has 2 aromatic carbocycles. The lowest BCUT2D eigenvalue weighted by molar-refractivity contribution is 0.0342. The zero-order chi connectivity index (χ0) is 34.2. The fourth-order valence-corrected chi connectivity index (χ4v) is 7.27. The Labute approximate surface area is 286 Å². The van der Waals surface area contributed by atoms with Crippen molar-refractivity contribution in [2.24, 2.45) is 0 Å². The lowest BCUT2D eigenvalue weighted by Crippen LogP contribution is -2.44. The van der Waals surface area contributed by atoms with Crippen LogP contribution in [0.1, 0.15) is 43.0 Å². The minimum atomic E-state index is -0.639. The van der Waals surface area contributed by atoms with E-state index >= 15 is 0 Å². The molecule has 1 aliphatic carbocycles. The summed E-state index contributed by atoms with van der Waals surface area (Å²) in [5.74, 6) is -0.966. The van der Waals surface area contributed by atoms with Gasteiger partial charge in [0.05, 0.1) is 36.2 Å². The van der Waals surface area contributed by atoms with Crippen LogP contribution in [-0.2, 0) is 17.8 Å². The van der Waals surface area contributed by atoms with Gasteiger partial charge in [0.2, 0.25) is 0 Å². The molecule has 1 aliphatic heterocycles. The Balaban J connectivity index is 1.04. The lowest BCUT2D eigenvalue weighted by Gasteiger charge is -2.30. The van der Waals surface area contributed by atoms with Crippen molar-refractivity contribution in [1.29, 1.82) is 0 Å². The van der Waals surface area contributed by atoms with Crippen molar-refractivity contribution in [2.45, 2.75) is 50.9 Å². The molecule has 1 saturated carbocycles. The fourth-order valence-electron chi connectivity index (χ4n) is 7.27. The van der Waals surface area contributed by atoms with Gasteiger partial charge in [-0.05, 0) is 72.7 Å². The number of nitrogens with zero attached hydrogens (tertiary/aromatic N) is 6. The highest BCUT2D eigenvalue weighted by Gasteiger charge is 2.27. The smallest absolute Gasteiger partial charge is 0.337 e. The van der Waals surface area contributed by atoms with Crippen molar-refractivity contribution in [1.82, 2.24) is 33.7 Å². The zero-order valence-corrected chi connectivity index (χ0v) is 27.5. The van der Waals surface area contributed by atoms with E-state index in [1.807, 2.05) is 24.3 Å². The molecule has 1 saturated heterocycles. The molecule has 5 heterocycles. The molecule has 0 bridgehead atoms. The third-order valence-electron chi connectivity index (χ3n) is 9.89. The molecule has 0 atom stereocenters. The van der Waals surface area contributed by atoms with Gasteiger partial charge in [-0.3, -0.25) is 14.3 Å². The number of benzene rings is 2. The topological polar surface area (TPSA) is 98.7 Å². The summed E-state index contributed by atoms with van der Waals surface area (Å²) in [5.41, 5.74) is 4.22. The number of halogens is 2. The Hall–Kier alpha value is -5.04. The van der Waals surface area contributed by atoms with Gasteiger partial charge >= 0.3 is 5.69 Å². The van der Waals surface area contributed by atoms with Crippen LogP contribution in [0.4, 0.5) is 8.78 Å². The molecule has 50 heavy (non-hydrogen) atoms. The highest BCUT2D eigenvalue weighted by atomic mass is 19.1. The highest BCUT2D eigenvalue weighted by Crippen LogP contribution is 2.29. The average molecular weight is 678 g/mol. The minimum Gasteiger partial charge on any atom is -0.379 e. The van der Waals surface area contributed by atoms with Crippen LogP contribution in [0.3, 0.4) is 0 Å². The summed E-state index contributed by atoms with van der Waals surface area (Å²) >= 11 is 0. The molecule has 10 nitrogen and oxygen atoms in total. The molecule has 8 rings (SSSR count). The molecule has 12 heteroatoms. The van der Waals surface area contributed by atoms with Crippen LogP contribution < -0.4 is 16.6 Å². The molecule has 2 fully saturated rings. The molecular weight excluding hydrogens is 640 g/mol. The number of hydrogen-bond acceptors (Lipinski definition) is 7. The number of rotatable bonds is 8. The van der Waals surface area contributed by atoms with Crippen LogP contribution >= 0.6 is 0 Å². The molecule has 4 aromatic heterocycles. The Morgan fingerprint density at radius 2 is 1.66 bits per heavy atom. The van der Waals surface area contributed by atoms with Gasteiger partial charge in [0.25, 0.3) is 5.56 Å². The van der Waals surface area contributed by atoms with E-state index in [2.05, 4.69) is 44.5 Å². The molecule has 0 radical (unpaired) electrons. The fraction of sp³-hybridized carbons (Fsp3) is 0.316. The number of nitrogens with one attached hydrogen (secondary N) is 1. The van der Waals surface area contributed by atoms with Crippen molar-refractivity contribution in [2.75, 3.05) is 26.3 Å². The van der Waals surface area contributed by atoms with Crippen LogP contribution in [0.25, 0.3) is 33.5 Å². The molecule has 0 unspecified atom stereocenters. The summed E-state index contributed by atoms with van der Waals surface area (Å²) in [4.78, 5) is 39.3. The van der Waals surface area contributed by atoms with E-state index in [1.54, 1.807) is 16.7 Å². The summed E-state index contributed by atoms with van der Waals surface area (Å²) in [6.45, 7) is 4.71. The van der Waals surface area contributed by atoms with E-state index in [-0.39, 0.29) is 28.9 Å². The van der Waals surface area contributed by atoms with Crippen LogP contribution in [0.5, 0.6) is 0 Å². The van der Waals surface area contributed by atoms with E-state index < -0.39 is 17.1 Å². The van der Waals surface area contributed by atoms with E-state index in [0.717, 1.165) is 68.7 Å². The van der Waals surface area contributed by atoms with Crippen LogP contribution in [0.2, 0.25) is 0 Å². The Bertz CT molecular complexity index is 2290. The monoisotopic (exact) mass is 677 g/mol. The molecule has 256 valence electrons. The Kier molecular flexibility index (Phi) is 8.82. The van der Waals surface area contributed by atoms with Gasteiger partial charge in [0.1, 0.15) is 17.3 Å². The van der Waals surface area contributed by atoms with Gasteiger partial charge in [0.15, 0.2) is 5.65 Å². The average Bonchev–Trinajstić information content (AvgIpc) is 3.54. The van der Waals surface area contributed by atoms with Gasteiger partial charge < -0.3 is 14.5 Å². The largest absolute Gasteiger partial charge is 0.379 e. The molecule has 0 spiro atoms. The number of imidazole rings is 1. The second kappa shape index (κ2) is 13.7. The maximum absolute atomic E-state index is 14.5. The molecular formula is C38H37F2N7O3. The SMILES string of the molecule is O=c1c2cc(F)cnc2n(-c2cccc(-c3ccc(CN4CCOCC4)cc3)c2)c(=O)n1C1CCC(NCc2cn3cc(F)ccc3n2)CC1. The first-order valence-electron chi connectivity index (χ1n) is 17.1. The maximum Gasteiger partial charge on any atom is 0.337 e. The van der Waals surface area contributed by atoms with Crippen LogP contribution in [0, 0.1) is 11.6 Å². The summed E-state index contributed by atoms with van der Waals surface area (Å²) in [7, 11) is 0. The van der Waals surface area contributed by atoms with Crippen molar-refractivity contribution >= 4 is 16.7 Å². The van der Waals surface area contributed by atoms with E-state index in [0.29, 0.717) is 30.7 Å². The third-order valence-corrected chi connectivity index (χ3v) is 9.89. The van der Waals surface area contributed by atoms with Crippen molar-refractivity contribution < 1.29 is 13.5 Å². The van der Waals surface area contributed by atoms with E-state index in [4.69, 9.17) is 4.74 Å². The quantitative estimate of drug-likeness (QED) is 0.235. The Morgan fingerprint density at radius 1 is 0.860 bits per heavy atom. The summed E-state index contributed by atoms with van der Waals surface area (Å²) in [6, 6.07) is 20.0. The number of ether oxygens (including phenoxy) is 1. The second-order valence-corrected chi connectivity index (χ2v) is 13.2. The van der Waals surface area contributed by atoms with Gasteiger partial charge in [-0.2, -0.15) is 0 Å². The summed E-state index contributed by atoms with van der Waals surface area (Å²) < 4.78 is 38.0. The number of morpholine rings is 1. The van der Waals surface area contributed by atoms with Crippen molar-refractivity contribution in [3.8, 4) is 16.8 Å². The standard InChI is InChI=1S/C38H37F2N7O3/c39-28-8-13-35-43-31(24-45(35)23-28)21-41-30-9-11-32(12-10-30)47-37(48)34-19-29(40)20-42-36(34)46(38(47)49)33-3-1-2-27(18-33)26-6-4-25(5-7-26)22-44-14-16-50-17-15-44/h1-8,13,18-20,23-24,30,32,41H,9-12,14-17,21-22H2. The zero-order valence-electron chi connectivity index (χ0n) is 27.5. The third kappa shape index (κ3) is 6.49. The number of pyridine rings is 2. The molecule has 2 aliphatic rings. The predicted molar refractivity (Wildman–Crippen MR) is 186 cm³/mol. The van der Waals surface area contributed by atoms with Crippen molar-refractivity contribution in [3.05, 3.63) is 129 Å². The van der Waals surface area contributed by atoms with Crippen molar-refractivity contribution in [3.63, 3.8) is 0 Å². The predicted octanol–water partition coefficient (Wildman–Crippen LogP) is 5.25. The first-order valence-corrected chi connectivity index (χ1v) is 17.1. The molecule has 1 N–H and O–H groups in total. The van der Waals surface area contributed by atoms with E-state index in [9.17, 15) is 18.4 Å². The van der Waals surface area contributed by atoms with Gasteiger partial charge in [-0.1, -0.05) is 36.4 Å². The normalized spacial score (nSPS) is 18.6. The summed E-state index contributed by atoms with van der Waals surface area (Å²) in [6.07, 6.45) is 6.88. The van der Waals surface area contributed by atoms with E-state index in [1.165, 1.54) is 33.0 Å². The van der Waals surface area contributed by atoms with Crippen LogP contribution in [-0.4, -0.2) is 60.7 Å². The highest BCUT2D eigenvalue weighted by molar-refractivity contribution is 5.76. The van der Waals surface area contributed by atoms with Crippen LogP contribution in [0.15, 0.2) is 94.9 Å². The lowest BCUT2D eigenvalue weighted by atomic mass is 9.91. The first kappa shape index (κ1) is 32.2. The minimum absolute atomic E-state index is 0.0611.